The molecule has 0 aliphatic rings. The van der Waals surface area contributed by atoms with Crippen molar-refractivity contribution in [2.24, 2.45) is 0 Å². The van der Waals surface area contributed by atoms with Crippen molar-refractivity contribution in [1.82, 2.24) is 5.32 Å². The lowest BCUT2D eigenvalue weighted by Crippen LogP contribution is -2.19. The molecule has 0 heterocycles. The number of rotatable bonds is 4. The molecule has 1 nitrogen and oxygen atoms in total. The van der Waals surface area contributed by atoms with Gasteiger partial charge in [-0.15, -0.1) is 0 Å². The molecule has 0 aliphatic carbocycles. The molecular formula is C11H15BrClN. The van der Waals surface area contributed by atoms with E-state index in [1.807, 2.05) is 12.1 Å². The van der Waals surface area contributed by atoms with E-state index < -0.39 is 0 Å². The summed E-state index contributed by atoms with van der Waals surface area (Å²) in [6, 6.07) is 6.53. The number of halogens is 2. The molecule has 1 rings (SSSR count). The summed E-state index contributed by atoms with van der Waals surface area (Å²) in [5, 5.41) is 4.20. The Morgan fingerprint density at radius 2 is 2.14 bits per heavy atom. The molecular weight excluding hydrogens is 261 g/mol. The van der Waals surface area contributed by atoms with Crippen LogP contribution in [0.1, 0.15) is 31.9 Å². The van der Waals surface area contributed by atoms with Gasteiger partial charge in [-0.2, -0.15) is 0 Å². The van der Waals surface area contributed by atoms with Crippen molar-refractivity contribution in [3.05, 3.63) is 33.3 Å². The summed E-state index contributed by atoms with van der Waals surface area (Å²) in [5.74, 6) is 0. The van der Waals surface area contributed by atoms with Crippen LogP contribution in [0.2, 0.25) is 5.02 Å². The molecule has 0 saturated heterocycles. The van der Waals surface area contributed by atoms with Crippen molar-refractivity contribution in [3.8, 4) is 0 Å². The zero-order valence-electron chi connectivity index (χ0n) is 8.48. The molecule has 0 saturated carbocycles. The minimum Gasteiger partial charge on any atom is -0.310 e. The van der Waals surface area contributed by atoms with Crippen LogP contribution in [0, 0.1) is 0 Å². The molecule has 0 spiro atoms. The minimum absolute atomic E-state index is 0.408. The molecule has 14 heavy (non-hydrogen) atoms. The van der Waals surface area contributed by atoms with Crippen molar-refractivity contribution < 1.29 is 0 Å². The lowest BCUT2D eigenvalue weighted by molar-refractivity contribution is 0.537. The zero-order chi connectivity index (χ0) is 10.6. The van der Waals surface area contributed by atoms with E-state index in [1.54, 1.807) is 0 Å². The zero-order valence-corrected chi connectivity index (χ0v) is 10.8. The second kappa shape index (κ2) is 5.74. The highest BCUT2D eigenvalue weighted by molar-refractivity contribution is 9.10. The normalized spacial score (nSPS) is 12.9. The molecule has 78 valence electrons. The van der Waals surface area contributed by atoms with Crippen LogP contribution in [-0.4, -0.2) is 6.54 Å². The minimum atomic E-state index is 0.408. The van der Waals surface area contributed by atoms with E-state index in [0.29, 0.717) is 6.04 Å². The number of nitrogens with one attached hydrogen (secondary N) is 1. The Morgan fingerprint density at radius 1 is 1.43 bits per heavy atom. The molecule has 0 aliphatic heterocycles. The van der Waals surface area contributed by atoms with Gasteiger partial charge in [0.15, 0.2) is 0 Å². The monoisotopic (exact) mass is 275 g/mol. The molecule has 3 heteroatoms. The molecule has 1 N–H and O–H groups in total. The predicted molar refractivity (Wildman–Crippen MR) is 65.9 cm³/mol. The lowest BCUT2D eigenvalue weighted by atomic mass is 10.0. The van der Waals surface area contributed by atoms with Crippen LogP contribution in [0.5, 0.6) is 0 Å². The van der Waals surface area contributed by atoms with Gasteiger partial charge < -0.3 is 5.32 Å². The second-order valence-electron chi connectivity index (χ2n) is 3.19. The molecule has 1 atom stereocenters. The Labute approximate surface area is 99.0 Å². The molecule has 1 aromatic rings. The topological polar surface area (TPSA) is 12.0 Å². The highest BCUT2D eigenvalue weighted by atomic mass is 79.9. The third kappa shape index (κ3) is 2.97. The summed E-state index contributed by atoms with van der Waals surface area (Å²) < 4.78 is 0.953. The average Bonchev–Trinajstić information content (AvgIpc) is 2.19. The molecule has 0 fully saturated rings. The van der Waals surface area contributed by atoms with Crippen LogP contribution in [-0.2, 0) is 0 Å². The SMILES string of the molecule is CCNC(CC)c1ccc(Br)c(Cl)c1. The summed E-state index contributed by atoms with van der Waals surface area (Å²) >= 11 is 9.43. The maximum atomic E-state index is 6.04. The van der Waals surface area contributed by atoms with Crippen molar-refractivity contribution in [3.63, 3.8) is 0 Å². The van der Waals surface area contributed by atoms with Crippen molar-refractivity contribution in [2.75, 3.05) is 6.54 Å². The van der Waals surface area contributed by atoms with Gasteiger partial charge in [-0.25, -0.2) is 0 Å². The van der Waals surface area contributed by atoms with E-state index in [9.17, 15) is 0 Å². The maximum Gasteiger partial charge on any atom is 0.0551 e. The summed E-state index contributed by atoms with van der Waals surface area (Å²) in [6.07, 6.45) is 1.08. The number of hydrogen-bond acceptors (Lipinski definition) is 1. The summed E-state index contributed by atoms with van der Waals surface area (Å²) in [6.45, 7) is 5.26. The first kappa shape index (κ1) is 12.0. The highest BCUT2D eigenvalue weighted by Crippen LogP contribution is 2.27. The smallest absolute Gasteiger partial charge is 0.0551 e. The first-order valence-corrected chi connectivity index (χ1v) is 6.04. The van der Waals surface area contributed by atoms with Crippen molar-refractivity contribution in [2.45, 2.75) is 26.3 Å². The first-order chi connectivity index (χ1) is 6.69. The lowest BCUT2D eigenvalue weighted by Gasteiger charge is -2.16. The summed E-state index contributed by atoms with van der Waals surface area (Å²) in [5.41, 5.74) is 1.25. The molecule has 1 aromatic carbocycles. The Hall–Kier alpha value is -0.0500. The largest absolute Gasteiger partial charge is 0.310 e. The van der Waals surface area contributed by atoms with Gasteiger partial charge in [-0.05, 0) is 46.6 Å². The van der Waals surface area contributed by atoms with Gasteiger partial charge in [0.25, 0.3) is 0 Å². The number of hydrogen-bond donors (Lipinski definition) is 1. The van der Waals surface area contributed by atoms with Gasteiger partial charge in [0, 0.05) is 10.5 Å². The van der Waals surface area contributed by atoms with Crippen LogP contribution < -0.4 is 5.32 Å². The van der Waals surface area contributed by atoms with Gasteiger partial charge in [0.1, 0.15) is 0 Å². The summed E-state index contributed by atoms with van der Waals surface area (Å²) in [7, 11) is 0. The Morgan fingerprint density at radius 3 is 2.64 bits per heavy atom. The third-order valence-corrected chi connectivity index (χ3v) is 3.44. The Bertz CT molecular complexity index is 301. The molecule has 0 radical (unpaired) electrons. The van der Waals surface area contributed by atoms with E-state index >= 15 is 0 Å². The van der Waals surface area contributed by atoms with Gasteiger partial charge in [-0.3, -0.25) is 0 Å². The first-order valence-electron chi connectivity index (χ1n) is 4.87. The Balaban J connectivity index is 2.88. The fourth-order valence-corrected chi connectivity index (χ4v) is 1.91. The van der Waals surface area contributed by atoms with Gasteiger partial charge >= 0.3 is 0 Å². The third-order valence-electron chi connectivity index (χ3n) is 2.20. The summed E-state index contributed by atoms with van der Waals surface area (Å²) in [4.78, 5) is 0. The van der Waals surface area contributed by atoms with Gasteiger partial charge in [0.2, 0.25) is 0 Å². The van der Waals surface area contributed by atoms with E-state index in [2.05, 4.69) is 41.2 Å². The van der Waals surface area contributed by atoms with Crippen molar-refractivity contribution >= 4 is 27.5 Å². The van der Waals surface area contributed by atoms with E-state index in [-0.39, 0.29) is 0 Å². The van der Waals surface area contributed by atoms with Gasteiger partial charge in [-0.1, -0.05) is 31.5 Å². The van der Waals surface area contributed by atoms with Crippen LogP contribution in [0.4, 0.5) is 0 Å². The van der Waals surface area contributed by atoms with Crippen LogP contribution >= 0.6 is 27.5 Å². The molecule has 0 bridgehead atoms. The van der Waals surface area contributed by atoms with Crippen LogP contribution in [0.15, 0.2) is 22.7 Å². The fraction of sp³-hybridized carbons (Fsp3) is 0.455. The second-order valence-corrected chi connectivity index (χ2v) is 4.45. The molecule has 1 unspecified atom stereocenters. The molecule has 0 aromatic heterocycles. The quantitative estimate of drug-likeness (QED) is 0.870. The predicted octanol–water partition coefficient (Wildman–Crippen LogP) is 4.16. The maximum absolute atomic E-state index is 6.04. The van der Waals surface area contributed by atoms with Crippen LogP contribution in [0.3, 0.4) is 0 Å². The van der Waals surface area contributed by atoms with Crippen molar-refractivity contribution in [1.29, 1.82) is 0 Å². The van der Waals surface area contributed by atoms with E-state index in [1.165, 1.54) is 5.56 Å². The Kier molecular flexibility index (Phi) is 4.93. The molecule has 0 amide bonds. The standard InChI is InChI=1S/C11H15BrClN/c1-3-11(14-4-2)8-5-6-9(12)10(13)7-8/h5-7,11,14H,3-4H2,1-2H3. The van der Waals surface area contributed by atoms with Gasteiger partial charge in [0.05, 0.1) is 5.02 Å². The van der Waals surface area contributed by atoms with E-state index in [4.69, 9.17) is 11.6 Å². The fourth-order valence-electron chi connectivity index (χ4n) is 1.47. The average molecular weight is 277 g/mol. The highest BCUT2D eigenvalue weighted by Gasteiger charge is 2.08. The van der Waals surface area contributed by atoms with E-state index in [0.717, 1.165) is 22.5 Å². The van der Waals surface area contributed by atoms with Crippen LogP contribution in [0.25, 0.3) is 0 Å². The number of benzene rings is 1.